The van der Waals surface area contributed by atoms with Crippen LogP contribution in [0.1, 0.15) is 32.9 Å². The van der Waals surface area contributed by atoms with Crippen molar-refractivity contribution in [1.29, 1.82) is 0 Å². The Hall–Kier alpha value is -3.67. The quantitative estimate of drug-likeness (QED) is 0.547. The van der Waals surface area contributed by atoms with Crippen LogP contribution >= 0.6 is 0 Å². The van der Waals surface area contributed by atoms with E-state index >= 15 is 0 Å². The van der Waals surface area contributed by atoms with Gasteiger partial charge in [0.2, 0.25) is 0 Å². The van der Waals surface area contributed by atoms with Crippen LogP contribution in [0.5, 0.6) is 0 Å². The van der Waals surface area contributed by atoms with Crippen LogP contribution in [-0.4, -0.2) is 20.4 Å². The first-order chi connectivity index (χ1) is 14.3. The van der Waals surface area contributed by atoms with Gasteiger partial charge in [0.1, 0.15) is 0 Å². The number of nitrogens with one attached hydrogen (secondary N) is 2. The van der Waals surface area contributed by atoms with Gasteiger partial charge in [-0.1, -0.05) is 6.07 Å². The molecule has 6 heteroatoms. The first-order valence-corrected chi connectivity index (χ1v) is 9.83. The van der Waals surface area contributed by atoms with Gasteiger partial charge in [0.05, 0.1) is 0 Å². The first kappa shape index (κ1) is 19.6. The largest absolute Gasteiger partial charge is 0.351 e. The molecule has 4 aromatic rings. The van der Waals surface area contributed by atoms with E-state index in [2.05, 4.69) is 21.4 Å². The van der Waals surface area contributed by atoms with Crippen LogP contribution in [-0.2, 0) is 13.6 Å². The fourth-order valence-corrected chi connectivity index (χ4v) is 3.73. The zero-order valence-corrected chi connectivity index (χ0v) is 17.5. The lowest BCUT2D eigenvalue weighted by Gasteiger charge is -2.11. The molecule has 6 nitrogen and oxygen atoms in total. The number of hydrogen-bond donors (Lipinski definition) is 2. The average molecular weight is 400 g/mol. The second kappa shape index (κ2) is 7.63. The maximum Gasteiger partial charge on any atom is 0.253 e. The van der Waals surface area contributed by atoms with Crippen LogP contribution in [0, 0.1) is 20.8 Å². The summed E-state index contributed by atoms with van der Waals surface area (Å²) in [6.45, 7) is 5.83. The third kappa shape index (κ3) is 3.64. The number of aryl methyl sites for hydroxylation is 4. The summed E-state index contributed by atoms with van der Waals surface area (Å²) >= 11 is 0. The molecule has 30 heavy (non-hydrogen) atoms. The molecule has 0 radical (unpaired) electrons. The van der Waals surface area contributed by atoms with Crippen molar-refractivity contribution in [2.75, 3.05) is 0 Å². The number of carbonyl (C=O) groups excluding carboxylic acids is 1. The molecule has 4 rings (SSSR count). The van der Waals surface area contributed by atoms with E-state index in [0.717, 1.165) is 39.0 Å². The minimum Gasteiger partial charge on any atom is -0.351 e. The topological polar surface area (TPSA) is 79.8 Å². The van der Waals surface area contributed by atoms with Gasteiger partial charge >= 0.3 is 0 Å². The van der Waals surface area contributed by atoms with Crippen molar-refractivity contribution < 1.29 is 4.79 Å². The minimum absolute atomic E-state index is 0.169. The molecule has 152 valence electrons. The lowest BCUT2D eigenvalue weighted by molar-refractivity contribution is 0.0952. The molecular weight excluding hydrogens is 376 g/mol. The maximum absolute atomic E-state index is 13.1. The van der Waals surface area contributed by atoms with Gasteiger partial charge in [0, 0.05) is 65.0 Å². The Morgan fingerprint density at radius 3 is 2.60 bits per heavy atom. The van der Waals surface area contributed by atoms with Crippen molar-refractivity contribution in [2.45, 2.75) is 27.3 Å². The predicted molar refractivity (Wildman–Crippen MR) is 119 cm³/mol. The highest BCUT2D eigenvalue weighted by molar-refractivity contribution is 6.08. The van der Waals surface area contributed by atoms with Gasteiger partial charge in [-0.2, -0.15) is 0 Å². The molecule has 0 saturated heterocycles. The zero-order valence-electron chi connectivity index (χ0n) is 17.5. The summed E-state index contributed by atoms with van der Waals surface area (Å²) in [7, 11) is 1.95. The van der Waals surface area contributed by atoms with Gasteiger partial charge in [-0.3, -0.25) is 14.6 Å². The number of carbonyl (C=O) groups is 1. The molecule has 0 spiro atoms. The Labute approximate surface area is 174 Å². The van der Waals surface area contributed by atoms with E-state index in [1.165, 1.54) is 0 Å². The molecule has 3 aromatic heterocycles. The van der Waals surface area contributed by atoms with E-state index < -0.39 is 0 Å². The number of H-pyrrole nitrogens is 1. The molecule has 0 unspecified atom stereocenters. The molecule has 0 bridgehead atoms. The lowest BCUT2D eigenvalue weighted by Crippen LogP contribution is -2.28. The summed E-state index contributed by atoms with van der Waals surface area (Å²) in [6, 6.07) is 11.7. The van der Waals surface area contributed by atoms with Crippen molar-refractivity contribution >= 4 is 16.8 Å². The van der Waals surface area contributed by atoms with Crippen LogP contribution in [0.4, 0.5) is 0 Å². The van der Waals surface area contributed by atoms with Crippen LogP contribution < -0.4 is 10.9 Å². The average Bonchev–Trinajstić information content (AvgIpc) is 3.08. The summed E-state index contributed by atoms with van der Waals surface area (Å²) in [5, 5.41) is 3.79. The van der Waals surface area contributed by atoms with E-state index in [-0.39, 0.29) is 18.0 Å². The van der Waals surface area contributed by atoms with E-state index in [0.29, 0.717) is 11.1 Å². The number of amides is 1. The number of aromatic nitrogens is 3. The Kier molecular flexibility index (Phi) is 4.99. The maximum atomic E-state index is 13.1. The minimum atomic E-state index is -0.215. The van der Waals surface area contributed by atoms with E-state index in [4.69, 9.17) is 0 Å². The van der Waals surface area contributed by atoms with Crippen molar-refractivity contribution in [2.24, 2.45) is 7.05 Å². The highest BCUT2D eigenvalue weighted by Crippen LogP contribution is 2.28. The number of benzene rings is 1. The zero-order chi connectivity index (χ0) is 21.4. The summed E-state index contributed by atoms with van der Waals surface area (Å²) in [6.07, 6.45) is 3.75. The van der Waals surface area contributed by atoms with Crippen molar-refractivity contribution in [3.8, 4) is 11.1 Å². The molecule has 0 fully saturated rings. The monoisotopic (exact) mass is 400 g/mol. The van der Waals surface area contributed by atoms with Crippen LogP contribution in [0.2, 0.25) is 0 Å². The number of pyridine rings is 2. The number of aromatic amines is 1. The predicted octanol–water partition coefficient (Wildman–Crippen LogP) is 3.78. The Morgan fingerprint density at radius 2 is 1.90 bits per heavy atom. The van der Waals surface area contributed by atoms with Crippen LogP contribution in [0.3, 0.4) is 0 Å². The molecule has 1 aromatic carbocycles. The summed E-state index contributed by atoms with van der Waals surface area (Å²) in [4.78, 5) is 32.6. The highest BCUT2D eigenvalue weighted by Gasteiger charge is 2.16. The fraction of sp³-hybridized carbons (Fsp3) is 0.208. The standard InChI is InChI=1S/C24H24N4O2/c1-14-9-16(3)27-24(30)21(14)13-26-23(29)20-10-18(17-6-5-15(2)25-12-17)11-22-19(20)7-8-28(22)4/h5-12H,13H2,1-4H3,(H,26,29)(H,27,30). The third-order valence-electron chi connectivity index (χ3n) is 5.41. The smallest absolute Gasteiger partial charge is 0.253 e. The van der Waals surface area contributed by atoms with Crippen molar-refractivity contribution in [3.63, 3.8) is 0 Å². The second-order valence-corrected chi connectivity index (χ2v) is 7.70. The first-order valence-electron chi connectivity index (χ1n) is 9.83. The number of rotatable bonds is 4. The van der Waals surface area contributed by atoms with Gasteiger partial charge in [-0.05, 0) is 62.2 Å². The Morgan fingerprint density at radius 1 is 1.10 bits per heavy atom. The van der Waals surface area contributed by atoms with Gasteiger partial charge in [-0.15, -0.1) is 0 Å². The van der Waals surface area contributed by atoms with Crippen LogP contribution in [0.15, 0.2) is 53.6 Å². The third-order valence-corrected chi connectivity index (χ3v) is 5.41. The fourth-order valence-electron chi connectivity index (χ4n) is 3.73. The Balaban J connectivity index is 1.72. The number of fused-ring (bicyclic) bond motifs is 1. The van der Waals surface area contributed by atoms with E-state index in [1.807, 2.05) is 75.1 Å². The number of hydrogen-bond acceptors (Lipinski definition) is 3. The van der Waals surface area contributed by atoms with Gasteiger partial charge < -0.3 is 14.9 Å². The highest BCUT2D eigenvalue weighted by atomic mass is 16.1. The van der Waals surface area contributed by atoms with E-state index in [9.17, 15) is 9.59 Å². The molecule has 0 atom stereocenters. The molecule has 3 heterocycles. The molecule has 0 saturated carbocycles. The molecule has 1 amide bonds. The lowest BCUT2D eigenvalue weighted by atomic mass is 10.0. The molecule has 0 aliphatic heterocycles. The SMILES string of the molecule is Cc1ccc(-c2cc(C(=O)NCc3c(C)cc(C)[nH]c3=O)c3ccn(C)c3c2)cn1. The van der Waals surface area contributed by atoms with Gasteiger partial charge in [0.25, 0.3) is 11.5 Å². The molecule has 2 N–H and O–H groups in total. The summed E-state index contributed by atoms with van der Waals surface area (Å²) < 4.78 is 1.99. The second-order valence-electron chi connectivity index (χ2n) is 7.70. The molecule has 0 aliphatic carbocycles. The molecule has 0 aliphatic rings. The summed E-state index contributed by atoms with van der Waals surface area (Å²) in [5.74, 6) is -0.215. The van der Waals surface area contributed by atoms with Gasteiger partial charge in [-0.25, -0.2) is 0 Å². The van der Waals surface area contributed by atoms with Crippen molar-refractivity contribution in [3.05, 3.63) is 87.2 Å². The van der Waals surface area contributed by atoms with Crippen molar-refractivity contribution in [1.82, 2.24) is 19.9 Å². The van der Waals surface area contributed by atoms with Crippen LogP contribution in [0.25, 0.3) is 22.0 Å². The Bertz CT molecular complexity index is 1310. The van der Waals surface area contributed by atoms with Gasteiger partial charge in [0.15, 0.2) is 0 Å². The molecular formula is C24H24N4O2. The van der Waals surface area contributed by atoms with E-state index in [1.54, 1.807) is 0 Å². The normalized spacial score (nSPS) is 11.1. The number of nitrogens with zero attached hydrogens (tertiary/aromatic N) is 2. The summed E-state index contributed by atoms with van der Waals surface area (Å²) in [5.41, 5.74) is 6.41.